The number of ether oxygens (including phenoxy) is 1. The molecular formula is C12H15BrN2O2. The Morgan fingerprint density at radius 2 is 2.35 bits per heavy atom. The third-order valence-corrected chi connectivity index (χ3v) is 2.43. The van der Waals surface area contributed by atoms with E-state index in [1.54, 1.807) is 24.4 Å². The number of carbonyl (C=O) groups excluding carboxylic acids is 1. The van der Waals surface area contributed by atoms with Gasteiger partial charge in [0, 0.05) is 17.2 Å². The van der Waals surface area contributed by atoms with Gasteiger partial charge < -0.3 is 10.1 Å². The molecule has 0 aliphatic carbocycles. The van der Waals surface area contributed by atoms with Crippen LogP contribution >= 0.6 is 15.9 Å². The quantitative estimate of drug-likeness (QED) is 0.620. The first-order valence-corrected chi connectivity index (χ1v) is 6.11. The molecule has 0 aromatic carbocycles. The van der Waals surface area contributed by atoms with Gasteiger partial charge in [-0.25, -0.2) is 4.98 Å². The van der Waals surface area contributed by atoms with E-state index in [1.165, 1.54) is 0 Å². The van der Waals surface area contributed by atoms with E-state index in [1.807, 2.05) is 0 Å². The monoisotopic (exact) mass is 298 g/mol. The number of nitrogens with one attached hydrogen (secondary N) is 1. The zero-order chi connectivity index (χ0) is 12.5. The Morgan fingerprint density at radius 1 is 1.53 bits per heavy atom. The summed E-state index contributed by atoms with van der Waals surface area (Å²) in [6.07, 6.45) is 4.21. The second-order valence-electron chi connectivity index (χ2n) is 3.31. The molecule has 0 saturated heterocycles. The number of nitrogens with zero attached hydrogens (tertiary/aromatic N) is 1. The molecule has 0 spiro atoms. The summed E-state index contributed by atoms with van der Waals surface area (Å²) in [5, 5.41) is 2.73. The fourth-order valence-corrected chi connectivity index (χ4v) is 1.34. The van der Waals surface area contributed by atoms with E-state index in [0.717, 1.165) is 10.9 Å². The first-order valence-electron chi connectivity index (χ1n) is 5.32. The van der Waals surface area contributed by atoms with Crippen molar-refractivity contribution in [3.8, 4) is 0 Å². The minimum absolute atomic E-state index is 0.190. The van der Waals surface area contributed by atoms with Gasteiger partial charge in [0.2, 0.25) is 0 Å². The highest BCUT2D eigenvalue weighted by Crippen LogP contribution is 2.06. The van der Waals surface area contributed by atoms with E-state index in [0.29, 0.717) is 25.5 Å². The molecule has 0 fully saturated rings. The summed E-state index contributed by atoms with van der Waals surface area (Å²) in [6.45, 7) is 5.20. The molecule has 1 aromatic heterocycles. The van der Waals surface area contributed by atoms with Crippen molar-refractivity contribution in [3.63, 3.8) is 0 Å². The molecule has 0 aliphatic heterocycles. The molecule has 0 unspecified atom stereocenters. The molecule has 0 bridgehead atoms. The summed E-state index contributed by atoms with van der Waals surface area (Å²) in [5.41, 5.74) is 0.402. The average Bonchev–Trinajstić information content (AvgIpc) is 2.34. The van der Waals surface area contributed by atoms with Gasteiger partial charge in [-0.3, -0.25) is 4.79 Å². The molecule has 0 aliphatic rings. The normalized spacial score (nSPS) is 9.94. The predicted molar refractivity (Wildman–Crippen MR) is 69.9 cm³/mol. The predicted octanol–water partition coefficient (Wildman–Crippen LogP) is 2.17. The molecule has 1 rings (SSSR count). The summed E-state index contributed by atoms with van der Waals surface area (Å²) in [6, 6.07) is 3.44. The molecule has 0 radical (unpaired) electrons. The Labute approximate surface area is 109 Å². The van der Waals surface area contributed by atoms with Gasteiger partial charge in [-0.15, -0.1) is 6.58 Å². The van der Waals surface area contributed by atoms with Gasteiger partial charge in [0.15, 0.2) is 0 Å². The number of hydrogen-bond donors (Lipinski definition) is 1. The summed E-state index contributed by atoms with van der Waals surface area (Å²) in [7, 11) is 0. The Balaban J connectivity index is 2.21. The standard InChI is InChI=1S/C12H15BrN2O2/c1-2-3-7-17-8-6-14-12(16)11-5-4-10(13)9-15-11/h2,4-5,9H,1,3,6-8H2,(H,14,16). The molecule has 0 saturated carbocycles. The number of rotatable bonds is 7. The molecule has 1 N–H and O–H groups in total. The van der Waals surface area contributed by atoms with Crippen molar-refractivity contribution in [2.45, 2.75) is 6.42 Å². The number of carbonyl (C=O) groups is 1. The minimum atomic E-state index is -0.190. The number of amides is 1. The Bertz CT molecular complexity index is 365. The van der Waals surface area contributed by atoms with Crippen LogP contribution in [0.3, 0.4) is 0 Å². The maximum Gasteiger partial charge on any atom is 0.269 e. The first-order chi connectivity index (χ1) is 8.24. The highest BCUT2D eigenvalue weighted by molar-refractivity contribution is 9.10. The van der Waals surface area contributed by atoms with Crippen molar-refractivity contribution in [1.82, 2.24) is 10.3 Å². The lowest BCUT2D eigenvalue weighted by Crippen LogP contribution is -2.28. The summed E-state index contributed by atoms with van der Waals surface area (Å²) in [4.78, 5) is 15.6. The van der Waals surface area contributed by atoms with Crippen molar-refractivity contribution < 1.29 is 9.53 Å². The van der Waals surface area contributed by atoms with Crippen LogP contribution in [0.2, 0.25) is 0 Å². The van der Waals surface area contributed by atoms with E-state index in [-0.39, 0.29) is 5.91 Å². The smallest absolute Gasteiger partial charge is 0.269 e. The third kappa shape index (κ3) is 5.60. The van der Waals surface area contributed by atoms with Gasteiger partial charge in [0.1, 0.15) is 5.69 Å². The molecule has 5 heteroatoms. The van der Waals surface area contributed by atoms with Crippen LogP contribution in [0.1, 0.15) is 16.9 Å². The Hall–Kier alpha value is -1.20. The first kappa shape index (κ1) is 13.9. The Morgan fingerprint density at radius 3 is 3.00 bits per heavy atom. The minimum Gasteiger partial charge on any atom is -0.379 e. The van der Waals surface area contributed by atoms with Gasteiger partial charge >= 0.3 is 0 Å². The summed E-state index contributed by atoms with van der Waals surface area (Å²) in [5.74, 6) is -0.190. The van der Waals surface area contributed by atoms with Crippen LogP contribution in [0.5, 0.6) is 0 Å². The lowest BCUT2D eigenvalue weighted by Gasteiger charge is -2.05. The topological polar surface area (TPSA) is 51.2 Å². The molecule has 92 valence electrons. The van der Waals surface area contributed by atoms with Crippen LogP contribution in [0.4, 0.5) is 0 Å². The van der Waals surface area contributed by atoms with Gasteiger partial charge in [-0.2, -0.15) is 0 Å². The van der Waals surface area contributed by atoms with Crippen LogP contribution in [-0.4, -0.2) is 30.6 Å². The van der Waals surface area contributed by atoms with E-state index < -0.39 is 0 Å². The number of pyridine rings is 1. The average molecular weight is 299 g/mol. The zero-order valence-electron chi connectivity index (χ0n) is 9.49. The van der Waals surface area contributed by atoms with Crippen molar-refractivity contribution in [3.05, 3.63) is 41.2 Å². The van der Waals surface area contributed by atoms with Crippen LogP contribution in [0.15, 0.2) is 35.5 Å². The second kappa shape index (κ2) is 7.97. The fourth-order valence-electron chi connectivity index (χ4n) is 1.11. The van der Waals surface area contributed by atoms with E-state index >= 15 is 0 Å². The highest BCUT2D eigenvalue weighted by Gasteiger charge is 2.05. The Kier molecular flexibility index (Phi) is 6.50. The number of hydrogen-bond acceptors (Lipinski definition) is 3. The molecule has 1 amide bonds. The maximum atomic E-state index is 11.6. The lowest BCUT2D eigenvalue weighted by atomic mass is 10.3. The van der Waals surface area contributed by atoms with Crippen molar-refractivity contribution >= 4 is 21.8 Å². The highest BCUT2D eigenvalue weighted by atomic mass is 79.9. The van der Waals surface area contributed by atoms with E-state index in [9.17, 15) is 4.79 Å². The van der Waals surface area contributed by atoms with Crippen molar-refractivity contribution in [2.24, 2.45) is 0 Å². The summed E-state index contributed by atoms with van der Waals surface area (Å²) < 4.78 is 6.11. The number of aromatic nitrogens is 1. The fraction of sp³-hybridized carbons (Fsp3) is 0.333. The second-order valence-corrected chi connectivity index (χ2v) is 4.22. The third-order valence-electron chi connectivity index (χ3n) is 1.96. The SMILES string of the molecule is C=CCCOCCNC(=O)c1ccc(Br)cn1. The van der Waals surface area contributed by atoms with Crippen LogP contribution in [-0.2, 0) is 4.74 Å². The van der Waals surface area contributed by atoms with Gasteiger partial charge in [-0.1, -0.05) is 6.08 Å². The molecule has 1 heterocycles. The van der Waals surface area contributed by atoms with Crippen molar-refractivity contribution in [2.75, 3.05) is 19.8 Å². The van der Waals surface area contributed by atoms with E-state index in [2.05, 4.69) is 32.8 Å². The maximum absolute atomic E-state index is 11.6. The van der Waals surface area contributed by atoms with Crippen LogP contribution < -0.4 is 5.32 Å². The molecular weight excluding hydrogens is 284 g/mol. The van der Waals surface area contributed by atoms with Crippen molar-refractivity contribution in [1.29, 1.82) is 0 Å². The molecule has 4 nitrogen and oxygen atoms in total. The molecule has 0 atom stereocenters. The molecule has 17 heavy (non-hydrogen) atoms. The largest absolute Gasteiger partial charge is 0.379 e. The molecule has 1 aromatic rings. The van der Waals surface area contributed by atoms with Gasteiger partial charge in [0.25, 0.3) is 5.91 Å². The van der Waals surface area contributed by atoms with Crippen LogP contribution in [0.25, 0.3) is 0 Å². The van der Waals surface area contributed by atoms with Gasteiger partial charge in [0.05, 0.1) is 13.2 Å². The lowest BCUT2D eigenvalue weighted by molar-refractivity contribution is 0.0913. The van der Waals surface area contributed by atoms with E-state index in [4.69, 9.17) is 4.74 Å². The summed E-state index contributed by atoms with van der Waals surface area (Å²) >= 11 is 3.26. The van der Waals surface area contributed by atoms with Gasteiger partial charge in [-0.05, 0) is 34.5 Å². The zero-order valence-corrected chi connectivity index (χ0v) is 11.1. The van der Waals surface area contributed by atoms with Crippen LogP contribution in [0, 0.1) is 0 Å². The number of halogens is 1.